The molecule has 1 aromatic heterocycles. The van der Waals surface area contributed by atoms with E-state index in [4.69, 9.17) is 4.74 Å². The Hall–Kier alpha value is -2.58. The van der Waals surface area contributed by atoms with E-state index in [2.05, 4.69) is 21.9 Å². The number of aromatic nitrogens is 2. The molecule has 3 aromatic rings. The lowest BCUT2D eigenvalue weighted by atomic mass is 10.2. The lowest BCUT2D eigenvalue weighted by molar-refractivity contribution is 0.312. The van der Waals surface area contributed by atoms with Gasteiger partial charge in [0.05, 0.1) is 17.5 Å². The first-order valence-electron chi connectivity index (χ1n) is 8.81. The first-order valence-corrected chi connectivity index (χ1v) is 10.3. The summed E-state index contributed by atoms with van der Waals surface area (Å²) in [7, 11) is -0.107. The summed E-state index contributed by atoms with van der Waals surface area (Å²) in [4.78, 5) is 4.60. The van der Waals surface area contributed by atoms with Crippen LogP contribution in [0, 0.1) is 0 Å². The molecule has 0 atom stereocenters. The summed E-state index contributed by atoms with van der Waals surface area (Å²) in [6.45, 7) is 3.41. The number of fused-ring (bicyclic) bond motifs is 1. The highest BCUT2D eigenvalue weighted by molar-refractivity contribution is 7.90. The smallest absolute Gasteiger partial charge is 0.283 e. The molecular formula is C19H22N4O3S. The van der Waals surface area contributed by atoms with Gasteiger partial charge in [-0.25, -0.2) is 0 Å². The zero-order valence-electron chi connectivity index (χ0n) is 15.4. The fourth-order valence-electron chi connectivity index (χ4n) is 3.31. The predicted octanol–water partition coefficient (Wildman–Crippen LogP) is 2.03. The van der Waals surface area contributed by atoms with Crippen LogP contribution in [0.1, 0.15) is 0 Å². The SMILES string of the molecule is COc1ccc2c(c1)c(N1CCN(C)CC1)nn2S(=O)(=O)c1ccccc1. The summed E-state index contributed by atoms with van der Waals surface area (Å²) in [5.41, 5.74) is 0.550. The molecule has 7 nitrogen and oxygen atoms in total. The Bertz CT molecular complexity index is 1060. The van der Waals surface area contributed by atoms with Gasteiger partial charge in [-0.3, -0.25) is 0 Å². The number of anilines is 1. The molecule has 0 aliphatic carbocycles. The normalized spacial score (nSPS) is 16.0. The first-order chi connectivity index (χ1) is 13.0. The Morgan fingerprint density at radius 1 is 1.00 bits per heavy atom. The Labute approximate surface area is 158 Å². The van der Waals surface area contributed by atoms with Crippen LogP contribution in [0.2, 0.25) is 0 Å². The number of nitrogens with zero attached hydrogens (tertiary/aromatic N) is 4. The molecule has 27 heavy (non-hydrogen) atoms. The van der Waals surface area contributed by atoms with Gasteiger partial charge in [-0.05, 0) is 37.4 Å². The summed E-state index contributed by atoms with van der Waals surface area (Å²) in [5, 5.41) is 5.32. The third-order valence-electron chi connectivity index (χ3n) is 4.91. The van der Waals surface area contributed by atoms with E-state index in [0.29, 0.717) is 17.1 Å². The van der Waals surface area contributed by atoms with Crippen molar-refractivity contribution in [2.45, 2.75) is 4.90 Å². The standard InChI is InChI=1S/C19H22N4O3S/c1-21-10-12-22(13-11-21)19-17-14-15(26-2)8-9-18(17)23(20-19)27(24,25)16-6-4-3-5-7-16/h3-9,14H,10-13H2,1-2H3. The van der Waals surface area contributed by atoms with Gasteiger partial charge in [0.15, 0.2) is 5.82 Å². The molecule has 2 heterocycles. The van der Waals surface area contributed by atoms with Gasteiger partial charge in [0.1, 0.15) is 5.75 Å². The van der Waals surface area contributed by atoms with Crippen LogP contribution in [0.5, 0.6) is 5.75 Å². The number of hydrogen-bond acceptors (Lipinski definition) is 6. The molecule has 1 aliphatic heterocycles. The summed E-state index contributed by atoms with van der Waals surface area (Å²) in [6.07, 6.45) is 0. The lowest BCUT2D eigenvalue weighted by Gasteiger charge is -2.32. The van der Waals surface area contributed by atoms with Gasteiger partial charge in [-0.1, -0.05) is 18.2 Å². The van der Waals surface area contributed by atoms with E-state index in [1.54, 1.807) is 49.6 Å². The van der Waals surface area contributed by atoms with Gasteiger partial charge in [0, 0.05) is 31.6 Å². The third-order valence-corrected chi connectivity index (χ3v) is 6.51. The summed E-state index contributed by atoms with van der Waals surface area (Å²) >= 11 is 0. The van der Waals surface area contributed by atoms with E-state index in [0.717, 1.165) is 35.7 Å². The molecule has 0 amide bonds. The van der Waals surface area contributed by atoms with E-state index in [-0.39, 0.29) is 4.90 Å². The minimum atomic E-state index is -3.79. The van der Waals surface area contributed by atoms with Gasteiger partial charge >= 0.3 is 0 Å². The van der Waals surface area contributed by atoms with Crippen LogP contribution in [-0.2, 0) is 10.0 Å². The zero-order chi connectivity index (χ0) is 19.0. The highest BCUT2D eigenvalue weighted by atomic mass is 32.2. The van der Waals surface area contributed by atoms with Crippen LogP contribution >= 0.6 is 0 Å². The third kappa shape index (κ3) is 3.15. The van der Waals surface area contributed by atoms with Gasteiger partial charge in [0.2, 0.25) is 0 Å². The first kappa shape index (κ1) is 17.8. The fraction of sp³-hybridized carbons (Fsp3) is 0.316. The van der Waals surface area contributed by atoms with E-state index in [1.807, 2.05) is 6.07 Å². The molecule has 0 bridgehead atoms. The largest absolute Gasteiger partial charge is 0.497 e. The topological polar surface area (TPSA) is 67.7 Å². The van der Waals surface area contributed by atoms with E-state index in [1.165, 1.54) is 0 Å². The number of ether oxygens (including phenoxy) is 1. The Morgan fingerprint density at radius 2 is 1.70 bits per heavy atom. The molecular weight excluding hydrogens is 364 g/mol. The van der Waals surface area contributed by atoms with E-state index < -0.39 is 10.0 Å². The second-order valence-electron chi connectivity index (χ2n) is 6.66. The second kappa shape index (κ2) is 6.86. The molecule has 0 unspecified atom stereocenters. The number of piperazine rings is 1. The van der Waals surface area contributed by atoms with Crippen molar-refractivity contribution in [1.82, 2.24) is 14.1 Å². The number of hydrogen-bond donors (Lipinski definition) is 0. The number of benzene rings is 2. The number of likely N-dealkylation sites (N-methyl/N-ethyl adjacent to an activating group) is 1. The number of rotatable bonds is 4. The molecule has 4 rings (SSSR count). The van der Waals surface area contributed by atoms with Gasteiger partial charge in [-0.2, -0.15) is 12.5 Å². The Kier molecular flexibility index (Phi) is 4.53. The molecule has 1 saturated heterocycles. The monoisotopic (exact) mass is 386 g/mol. The summed E-state index contributed by atoms with van der Waals surface area (Å²) in [6, 6.07) is 13.7. The molecule has 142 valence electrons. The maximum atomic E-state index is 13.2. The molecule has 2 aromatic carbocycles. The predicted molar refractivity (Wildman–Crippen MR) is 105 cm³/mol. The average molecular weight is 386 g/mol. The second-order valence-corrected chi connectivity index (χ2v) is 8.43. The zero-order valence-corrected chi connectivity index (χ0v) is 16.2. The van der Waals surface area contributed by atoms with Crippen LogP contribution in [0.3, 0.4) is 0 Å². The van der Waals surface area contributed by atoms with Crippen molar-refractivity contribution >= 4 is 26.7 Å². The van der Waals surface area contributed by atoms with Crippen LogP contribution in [0.25, 0.3) is 10.9 Å². The summed E-state index contributed by atoms with van der Waals surface area (Å²) in [5.74, 6) is 1.35. The van der Waals surface area contributed by atoms with Crippen LogP contribution in [0.15, 0.2) is 53.4 Å². The maximum Gasteiger partial charge on any atom is 0.283 e. The molecule has 0 radical (unpaired) electrons. The van der Waals surface area contributed by atoms with E-state index in [9.17, 15) is 8.42 Å². The lowest BCUT2D eigenvalue weighted by Crippen LogP contribution is -2.44. The molecule has 0 N–H and O–H groups in total. The van der Waals surface area contributed by atoms with Gasteiger partial charge in [-0.15, -0.1) is 5.10 Å². The fourth-order valence-corrected chi connectivity index (χ4v) is 4.61. The summed E-state index contributed by atoms with van der Waals surface area (Å²) < 4.78 is 32.9. The van der Waals surface area contributed by atoms with Crippen LogP contribution in [-0.4, -0.2) is 62.8 Å². The van der Waals surface area contributed by atoms with Crippen molar-refractivity contribution in [3.05, 3.63) is 48.5 Å². The quantitative estimate of drug-likeness (QED) is 0.684. The van der Waals surface area contributed by atoms with Crippen molar-refractivity contribution in [1.29, 1.82) is 0 Å². The molecule has 8 heteroatoms. The molecule has 1 fully saturated rings. The van der Waals surface area contributed by atoms with Crippen molar-refractivity contribution in [3.63, 3.8) is 0 Å². The number of methoxy groups -OCH3 is 1. The molecule has 0 spiro atoms. The highest BCUT2D eigenvalue weighted by Gasteiger charge is 2.26. The highest BCUT2D eigenvalue weighted by Crippen LogP contribution is 2.32. The van der Waals surface area contributed by atoms with Crippen molar-refractivity contribution in [2.24, 2.45) is 0 Å². The minimum absolute atomic E-state index is 0.218. The van der Waals surface area contributed by atoms with E-state index >= 15 is 0 Å². The van der Waals surface area contributed by atoms with Crippen LogP contribution < -0.4 is 9.64 Å². The minimum Gasteiger partial charge on any atom is -0.497 e. The maximum absolute atomic E-state index is 13.2. The average Bonchev–Trinajstić information content (AvgIpc) is 3.09. The van der Waals surface area contributed by atoms with Gasteiger partial charge in [0.25, 0.3) is 10.0 Å². The Balaban J connectivity index is 1.89. The van der Waals surface area contributed by atoms with Crippen LogP contribution in [0.4, 0.5) is 5.82 Å². The van der Waals surface area contributed by atoms with Crippen molar-refractivity contribution in [2.75, 3.05) is 45.2 Å². The van der Waals surface area contributed by atoms with Crippen molar-refractivity contribution < 1.29 is 13.2 Å². The van der Waals surface area contributed by atoms with Crippen molar-refractivity contribution in [3.8, 4) is 5.75 Å². The molecule has 0 saturated carbocycles. The molecule has 1 aliphatic rings. The Morgan fingerprint density at radius 3 is 2.37 bits per heavy atom. The van der Waals surface area contributed by atoms with Gasteiger partial charge < -0.3 is 14.5 Å².